The van der Waals surface area contributed by atoms with Gasteiger partial charge in [0.05, 0.1) is 6.10 Å². The van der Waals surface area contributed by atoms with E-state index in [9.17, 15) is 14.7 Å². The van der Waals surface area contributed by atoms with Gasteiger partial charge in [-0.05, 0) is 25.7 Å². The third-order valence-corrected chi connectivity index (χ3v) is 5.24. The Bertz CT molecular complexity index is 410. The summed E-state index contributed by atoms with van der Waals surface area (Å²) < 4.78 is 11.2. The van der Waals surface area contributed by atoms with Crippen molar-refractivity contribution in [2.24, 2.45) is 0 Å². The second-order valence-corrected chi connectivity index (χ2v) is 7.85. The maximum absolute atomic E-state index is 12.1. The molecular weight excluding hydrogens is 344 g/mol. The standard InChI is InChI=1S/C22H40O5/c1-3-5-7-9-11-13-21(24)26-19-16-15-18(23)17-20(19)27-22(25)14-12-10-8-6-4-2/h18-20,23H,3-17H2,1-2H3/t18-,19+,20+/m0/s1. The molecule has 0 spiro atoms. The fourth-order valence-electron chi connectivity index (χ4n) is 3.54. The molecule has 0 amide bonds. The molecule has 0 aromatic carbocycles. The van der Waals surface area contributed by atoms with E-state index in [1.165, 1.54) is 25.7 Å². The zero-order valence-electron chi connectivity index (χ0n) is 17.4. The normalized spacial score (nSPS) is 22.4. The van der Waals surface area contributed by atoms with Crippen molar-refractivity contribution in [3.63, 3.8) is 0 Å². The Morgan fingerprint density at radius 2 is 1.22 bits per heavy atom. The molecule has 1 fully saturated rings. The van der Waals surface area contributed by atoms with Crippen LogP contribution in [0.2, 0.25) is 0 Å². The zero-order valence-corrected chi connectivity index (χ0v) is 17.4. The highest BCUT2D eigenvalue weighted by atomic mass is 16.6. The predicted octanol–water partition coefficient (Wildman–Crippen LogP) is 5.08. The lowest BCUT2D eigenvalue weighted by molar-refractivity contribution is -0.175. The van der Waals surface area contributed by atoms with Crippen LogP contribution in [-0.2, 0) is 19.1 Å². The summed E-state index contributed by atoms with van der Waals surface area (Å²) in [6.07, 6.45) is 11.7. The Morgan fingerprint density at radius 1 is 0.741 bits per heavy atom. The number of aliphatic hydroxyl groups excluding tert-OH is 1. The molecule has 0 aromatic heterocycles. The number of hydrogen-bond donors (Lipinski definition) is 1. The largest absolute Gasteiger partial charge is 0.458 e. The van der Waals surface area contributed by atoms with Crippen LogP contribution >= 0.6 is 0 Å². The summed E-state index contributed by atoms with van der Waals surface area (Å²) >= 11 is 0. The Kier molecular flexibility index (Phi) is 13.2. The number of aliphatic hydroxyl groups is 1. The van der Waals surface area contributed by atoms with Crippen LogP contribution in [0.15, 0.2) is 0 Å². The molecule has 0 unspecified atom stereocenters. The van der Waals surface area contributed by atoms with E-state index >= 15 is 0 Å². The third-order valence-electron chi connectivity index (χ3n) is 5.24. The van der Waals surface area contributed by atoms with Crippen molar-refractivity contribution in [3.8, 4) is 0 Å². The van der Waals surface area contributed by atoms with E-state index in [2.05, 4.69) is 13.8 Å². The minimum absolute atomic E-state index is 0.214. The van der Waals surface area contributed by atoms with Crippen molar-refractivity contribution in [3.05, 3.63) is 0 Å². The van der Waals surface area contributed by atoms with Crippen LogP contribution in [0.5, 0.6) is 0 Å². The number of ether oxygens (including phenoxy) is 2. The first-order chi connectivity index (χ1) is 13.1. The van der Waals surface area contributed by atoms with Gasteiger partial charge in [0.2, 0.25) is 0 Å². The van der Waals surface area contributed by atoms with Crippen molar-refractivity contribution < 1.29 is 24.2 Å². The highest BCUT2D eigenvalue weighted by molar-refractivity contribution is 5.70. The van der Waals surface area contributed by atoms with E-state index in [0.717, 1.165) is 38.5 Å². The zero-order chi connectivity index (χ0) is 19.9. The summed E-state index contributed by atoms with van der Waals surface area (Å²) in [5, 5.41) is 9.91. The first-order valence-electron chi connectivity index (χ1n) is 11.1. The first-order valence-corrected chi connectivity index (χ1v) is 11.1. The Balaban J connectivity index is 2.33. The van der Waals surface area contributed by atoms with Gasteiger partial charge in [-0.1, -0.05) is 65.2 Å². The van der Waals surface area contributed by atoms with Crippen molar-refractivity contribution >= 4 is 11.9 Å². The van der Waals surface area contributed by atoms with Gasteiger partial charge in [0, 0.05) is 19.3 Å². The lowest BCUT2D eigenvalue weighted by Gasteiger charge is -2.33. The molecule has 5 heteroatoms. The van der Waals surface area contributed by atoms with Gasteiger partial charge in [-0.25, -0.2) is 0 Å². The highest BCUT2D eigenvalue weighted by Crippen LogP contribution is 2.26. The van der Waals surface area contributed by atoms with Gasteiger partial charge in [-0.15, -0.1) is 0 Å². The highest BCUT2D eigenvalue weighted by Gasteiger charge is 2.35. The van der Waals surface area contributed by atoms with Crippen LogP contribution in [0.25, 0.3) is 0 Å². The van der Waals surface area contributed by atoms with E-state index in [0.29, 0.717) is 32.1 Å². The van der Waals surface area contributed by atoms with Gasteiger partial charge in [0.15, 0.2) is 0 Å². The van der Waals surface area contributed by atoms with E-state index < -0.39 is 18.3 Å². The Morgan fingerprint density at radius 3 is 1.74 bits per heavy atom. The average Bonchev–Trinajstić information content (AvgIpc) is 2.63. The van der Waals surface area contributed by atoms with E-state index in [1.807, 2.05) is 0 Å². The van der Waals surface area contributed by atoms with E-state index in [1.54, 1.807) is 0 Å². The lowest BCUT2D eigenvalue weighted by Crippen LogP contribution is -2.42. The maximum atomic E-state index is 12.1. The summed E-state index contributed by atoms with van der Waals surface area (Å²) in [5.41, 5.74) is 0. The van der Waals surface area contributed by atoms with Crippen LogP contribution in [0, 0.1) is 0 Å². The summed E-state index contributed by atoms with van der Waals surface area (Å²) in [6.45, 7) is 4.33. The number of carbonyl (C=O) groups excluding carboxylic acids is 2. The number of unbranched alkanes of at least 4 members (excludes halogenated alkanes) is 8. The van der Waals surface area contributed by atoms with Crippen LogP contribution in [-0.4, -0.2) is 35.4 Å². The molecule has 1 N–H and O–H groups in total. The fraction of sp³-hybridized carbons (Fsp3) is 0.909. The summed E-state index contributed by atoms with van der Waals surface area (Å²) in [7, 11) is 0. The van der Waals surface area contributed by atoms with Crippen molar-refractivity contribution in [1.82, 2.24) is 0 Å². The molecule has 1 aliphatic rings. The second kappa shape index (κ2) is 14.9. The third kappa shape index (κ3) is 11.4. The predicted molar refractivity (Wildman–Crippen MR) is 106 cm³/mol. The number of esters is 2. The van der Waals surface area contributed by atoms with Gasteiger partial charge in [-0.3, -0.25) is 9.59 Å². The van der Waals surface area contributed by atoms with Gasteiger partial charge >= 0.3 is 11.9 Å². The fourth-order valence-corrected chi connectivity index (χ4v) is 3.54. The summed E-state index contributed by atoms with van der Waals surface area (Å²) in [6, 6.07) is 0. The minimum atomic E-state index is -0.513. The molecule has 158 valence electrons. The van der Waals surface area contributed by atoms with Gasteiger partial charge in [0.1, 0.15) is 12.2 Å². The van der Waals surface area contributed by atoms with Gasteiger partial charge in [0.25, 0.3) is 0 Å². The molecule has 0 heterocycles. The first kappa shape index (κ1) is 23.9. The maximum Gasteiger partial charge on any atom is 0.306 e. The molecule has 1 rings (SSSR count). The molecule has 0 aromatic rings. The molecule has 5 nitrogen and oxygen atoms in total. The number of rotatable bonds is 14. The van der Waals surface area contributed by atoms with Crippen LogP contribution in [0.1, 0.15) is 110 Å². The molecule has 0 radical (unpaired) electrons. The molecule has 0 saturated heterocycles. The lowest BCUT2D eigenvalue weighted by atomic mass is 9.92. The van der Waals surface area contributed by atoms with E-state index in [4.69, 9.17) is 9.47 Å². The topological polar surface area (TPSA) is 72.8 Å². The van der Waals surface area contributed by atoms with Gasteiger partial charge in [-0.2, -0.15) is 0 Å². The number of hydrogen-bond acceptors (Lipinski definition) is 5. The summed E-state index contributed by atoms with van der Waals surface area (Å²) in [4.78, 5) is 24.2. The molecule has 0 bridgehead atoms. The average molecular weight is 385 g/mol. The second-order valence-electron chi connectivity index (χ2n) is 7.85. The minimum Gasteiger partial charge on any atom is -0.458 e. The molecule has 1 aliphatic carbocycles. The smallest absolute Gasteiger partial charge is 0.306 e. The van der Waals surface area contributed by atoms with Crippen LogP contribution in [0.3, 0.4) is 0 Å². The Hall–Kier alpha value is -1.10. The van der Waals surface area contributed by atoms with Crippen molar-refractivity contribution in [1.29, 1.82) is 0 Å². The number of carbonyl (C=O) groups is 2. The molecule has 27 heavy (non-hydrogen) atoms. The Labute approximate surface area is 165 Å². The van der Waals surface area contributed by atoms with Crippen molar-refractivity contribution in [2.45, 2.75) is 128 Å². The molecule has 0 aliphatic heterocycles. The molecule has 1 saturated carbocycles. The van der Waals surface area contributed by atoms with Crippen LogP contribution in [0.4, 0.5) is 0 Å². The summed E-state index contributed by atoms with van der Waals surface area (Å²) in [5.74, 6) is -0.459. The molecular formula is C22H40O5. The monoisotopic (exact) mass is 384 g/mol. The van der Waals surface area contributed by atoms with Gasteiger partial charge < -0.3 is 14.6 Å². The van der Waals surface area contributed by atoms with E-state index in [-0.39, 0.29) is 11.9 Å². The quantitative estimate of drug-likeness (QED) is 0.334. The molecule has 3 atom stereocenters. The van der Waals surface area contributed by atoms with Crippen LogP contribution < -0.4 is 0 Å². The SMILES string of the molecule is CCCCCCCC(=O)O[C@@H]1CC[C@H](O)C[C@H]1OC(=O)CCCCCCC. The van der Waals surface area contributed by atoms with Crippen molar-refractivity contribution in [2.75, 3.05) is 0 Å².